The molecule has 0 radical (unpaired) electrons. The third kappa shape index (κ3) is 7.22. The first kappa shape index (κ1) is 10.3. The van der Waals surface area contributed by atoms with Crippen molar-refractivity contribution in [1.82, 2.24) is 0 Å². The highest BCUT2D eigenvalue weighted by Crippen LogP contribution is 1.98. The quantitative estimate of drug-likeness (QED) is 0.334. The zero-order valence-corrected chi connectivity index (χ0v) is 6.58. The van der Waals surface area contributed by atoms with E-state index in [1.165, 1.54) is 0 Å². The third-order valence-corrected chi connectivity index (χ3v) is 1.19. The van der Waals surface area contributed by atoms with Gasteiger partial charge in [0.25, 0.3) is 0 Å². The van der Waals surface area contributed by atoms with E-state index in [2.05, 4.69) is 6.58 Å². The van der Waals surface area contributed by atoms with Crippen molar-refractivity contribution in [1.29, 1.82) is 0 Å². The number of rotatable bonds is 7. The number of aliphatic hydroxyl groups is 1. The molecule has 0 saturated heterocycles. The second kappa shape index (κ2) is 7.44. The Bertz CT molecular complexity index is 121. The molecule has 0 unspecified atom stereocenters. The van der Waals surface area contributed by atoms with Crippen molar-refractivity contribution in [2.24, 2.45) is 0 Å². The van der Waals surface area contributed by atoms with Gasteiger partial charge in [0.15, 0.2) is 0 Å². The summed E-state index contributed by atoms with van der Waals surface area (Å²) in [6.07, 6.45) is 2.22. The molecule has 0 heterocycles. The summed E-state index contributed by atoms with van der Waals surface area (Å²) in [6.45, 7) is 4.51. The van der Waals surface area contributed by atoms with Gasteiger partial charge in [0.2, 0.25) is 0 Å². The smallest absolute Gasteiger partial charge is 0.145 e. The van der Waals surface area contributed by atoms with E-state index in [-0.39, 0.29) is 6.61 Å². The Kier molecular flexibility index (Phi) is 6.98. The van der Waals surface area contributed by atoms with Crippen molar-refractivity contribution in [2.75, 3.05) is 19.8 Å². The molecule has 0 saturated carbocycles. The van der Waals surface area contributed by atoms with Gasteiger partial charge in [0, 0.05) is 6.61 Å². The van der Waals surface area contributed by atoms with Gasteiger partial charge in [0.05, 0.1) is 13.2 Å². The molecule has 64 valence electrons. The molecule has 3 heteroatoms. The van der Waals surface area contributed by atoms with Crippen LogP contribution in [0.15, 0.2) is 12.2 Å². The Morgan fingerprint density at radius 3 is 2.82 bits per heavy atom. The van der Waals surface area contributed by atoms with Crippen LogP contribution in [0.1, 0.15) is 12.8 Å². The molecule has 0 atom stereocenters. The second-order valence-electron chi connectivity index (χ2n) is 2.22. The molecule has 3 nitrogen and oxygen atoms in total. The fourth-order valence-electron chi connectivity index (χ4n) is 0.627. The van der Waals surface area contributed by atoms with Gasteiger partial charge >= 0.3 is 0 Å². The lowest BCUT2D eigenvalue weighted by Gasteiger charge is -2.00. The van der Waals surface area contributed by atoms with E-state index in [0.29, 0.717) is 25.2 Å². The molecule has 0 aromatic carbocycles. The Labute approximate surface area is 66.7 Å². The summed E-state index contributed by atoms with van der Waals surface area (Å²) < 4.78 is 4.97. The summed E-state index contributed by atoms with van der Waals surface area (Å²) in [5.74, 6) is 0. The van der Waals surface area contributed by atoms with E-state index < -0.39 is 0 Å². The van der Waals surface area contributed by atoms with Crippen LogP contribution < -0.4 is 0 Å². The summed E-state index contributed by atoms with van der Waals surface area (Å²) in [6, 6.07) is 0. The number of aliphatic hydroxyl groups excluding tert-OH is 1. The van der Waals surface area contributed by atoms with Crippen molar-refractivity contribution < 1.29 is 14.6 Å². The van der Waals surface area contributed by atoms with Crippen molar-refractivity contribution >= 4 is 6.29 Å². The van der Waals surface area contributed by atoms with Crippen LogP contribution in [-0.2, 0) is 9.53 Å². The minimum atomic E-state index is 0.0502. The number of allylic oxidation sites excluding steroid dienone is 1. The highest BCUT2D eigenvalue weighted by molar-refractivity contribution is 5.71. The maximum absolute atomic E-state index is 10.0. The first-order valence-corrected chi connectivity index (χ1v) is 3.63. The molecule has 0 bridgehead atoms. The number of hydrogen-bond donors (Lipinski definition) is 1. The zero-order valence-electron chi connectivity index (χ0n) is 6.58. The largest absolute Gasteiger partial charge is 0.394 e. The molecular formula is C8H14O3. The lowest BCUT2D eigenvalue weighted by Crippen LogP contribution is -2.00. The van der Waals surface area contributed by atoms with Crippen molar-refractivity contribution in [3.8, 4) is 0 Å². The minimum Gasteiger partial charge on any atom is -0.394 e. The standard InChI is InChI=1S/C8H14O3/c1-8(7-10)3-2-5-11-6-4-9/h7,9H,1-6H2. The van der Waals surface area contributed by atoms with Crippen molar-refractivity contribution in [2.45, 2.75) is 12.8 Å². The van der Waals surface area contributed by atoms with Crippen molar-refractivity contribution in [3.63, 3.8) is 0 Å². The van der Waals surface area contributed by atoms with Crippen LogP contribution in [0.25, 0.3) is 0 Å². The first-order chi connectivity index (χ1) is 5.31. The van der Waals surface area contributed by atoms with Crippen LogP contribution in [0.4, 0.5) is 0 Å². The number of carbonyl (C=O) groups excluding carboxylic acids is 1. The van der Waals surface area contributed by atoms with E-state index in [0.717, 1.165) is 12.7 Å². The maximum atomic E-state index is 10.0. The first-order valence-electron chi connectivity index (χ1n) is 3.63. The summed E-state index contributed by atoms with van der Waals surface area (Å²) in [7, 11) is 0. The zero-order chi connectivity index (χ0) is 8.53. The van der Waals surface area contributed by atoms with E-state index in [1.54, 1.807) is 0 Å². The monoisotopic (exact) mass is 158 g/mol. The van der Waals surface area contributed by atoms with Gasteiger partial charge in [-0.05, 0) is 18.4 Å². The Morgan fingerprint density at radius 1 is 1.55 bits per heavy atom. The van der Waals surface area contributed by atoms with E-state index >= 15 is 0 Å². The number of carbonyl (C=O) groups is 1. The number of aldehydes is 1. The molecule has 0 aliphatic heterocycles. The predicted molar refractivity (Wildman–Crippen MR) is 42.3 cm³/mol. The molecule has 0 fully saturated rings. The SMILES string of the molecule is C=C(C=O)CCCOCCO. The lowest BCUT2D eigenvalue weighted by molar-refractivity contribution is -0.105. The summed E-state index contributed by atoms with van der Waals surface area (Å²) in [5, 5.41) is 8.32. The molecule has 0 rings (SSSR count). The highest BCUT2D eigenvalue weighted by atomic mass is 16.5. The van der Waals surface area contributed by atoms with Gasteiger partial charge in [-0.2, -0.15) is 0 Å². The summed E-state index contributed by atoms with van der Waals surface area (Å²) >= 11 is 0. The van der Waals surface area contributed by atoms with Crippen LogP contribution in [-0.4, -0.2) is 31.2 Å². The Hall–Kier alpha value is -0.670. The number of ether oxygens (including phenoxy) is 1. The normalized spacial score (nSPS) is 9.55. The second-order valence-corrected chi connectivity index (χ2v) is 2.22. The Balaban J connectivity index is 3.01. The van der Waals surface area contributed by atoms with Gasteiger partial charge < -0.3 is 9.84 Å². The average Bonchev–Trinajstić information content (AvgIpc) is 2.04. The topological polar surface area (TPSA) is 46.5 Å². The molecule has 0 amide bonds. The van der Waals surface area contributed by atoms with Crippen LogP contribution in [0, 0.1) is 0 Å². The molecule has 0 aromatic rings. The third-order valence-electron chi connectivity index (χ3n) is 1.19. The lowest BCUT2D eigenvalue weighted by atomic mass is 10.2. The van der Waals surface area contributed by atoms with Gasteiger partial charge in [-0.15, -0.1) is 0 Å². The number of hydrogen-bond acceptors (Lipinski definition) is 3. The van der Waals surface area contributed by atoms with Crippen LogP contribution in [0.2, 0.25) is 0 Å². The van der Waals surface area contributed by atoms with Gasteiger partial charge in [-0.25, -0.2) is 0 Å². The maximum Gasteiger partial charge on any atom is 0.145 e. The van der Waals surface area contributed by atoms with Gasteiger partial charge in [-0.1, -0.05) is 6.58 Å². The van der Waals surface area contributed by atoms with Gasteiger partial charge in [0.1, 0.15) is 6.29 Å². The fraction of sp³-hybridized carbons (Fsp3) is 0.625. The highest BCUT2D eigenvalue weighted by Gasteiger charge is 1.91. The molecule has 11 heavy (non-hydrogen) atoms. The molecular weight excluding hydrogens is 144 g/mol. The van der Waals surface area contributed by atoms with Crippen LogP contribution in [0.3, 0.4) is 0 Å². The molecule has 0 aliphatic carbocycles. The predicted octanol–water partition coefficient (Wildman–Crippen LogP) is 0.531. The van der Waals surface area contributed by atoms with Crippen molar-refractivity contribution in [3.05, 3.63) is 12.2 Å². The molecule has 0 aliphatic rings. The van der Waals surface area contributed by atoms with Gasteiger partial charge in [-0.3, -0.25) is 4.79 Å². The van der Waals surface area contributed by atoms with E-state index in [1.807, 2.05) is 0 Å². The molecule has 1 N–H and O–H groups in total. The van der Waals surface area contributed by atoms with Crippen LogP contribution >= 0.6 is 0 Å². The van der Waals surface area contributed by atoms with Crippen LogP contribution in [0.5, 0.6) is 0 Å². The molecule has 0 aromatic heterocycles. The van der Waals surface area contributed by atoms with E-state index in [4.69, 9.17) is 9.84 Å². The van der Waals surface area contributed by atoms with E-state index in [9.17, 15) is 4.79 Å². The minimum absolute atomic E-state index is 0.0502. The summed E-state index contributed by atoms with van der Waals surface area (Å²) in [4.78, 5) is 10.0. The fourth-order valence-corrected chi connectivity index (χ4v) is 0.627. The molecule has 0 spiro atoms. The average molecular weight is 158 g/mol. The summed E-state index contributed by atoms with van der Waals surface area (Å²) in [5.41, 5.74) is 0.595. The Morgan fingerprint density at radius 2 is 2.27 bits per heavy atom.